The van der Waals surface area contributed by atoms with Crippen LogP contribution in [0.15, 0.2) is 54.0 Å². The van der Waals surface area contributed by atoms with Gasteiger partial charge in [0.25, 0.3) is 0 Å². The maximum Gasteiger partial charge on any atom is 0.247 e. The number of aromatic nitrogens is 3. The lowest BCUT2D eigenvalue weighted by atomic mass is 10.5. The number of hydrogen-bond donors (Lipinski definition) is 1. The summed E-state index contributed by atoms with van der Waals surface area (Å²) >= 11 is 0. The van der Waals surface area contributed by atoms with E-state index in [1.807, 2.05) is 0 Å². The second-order valence-corrected chi connectivity index (χ2v) is 2.13. The predicted molar refractivity (Wildman–Crippen MR) is 49.1 cm³/mol. The van der Waals surface area contributed by atoms with E-state index in [1.165, 1.54) is 12.4 Å². The standard InChI is InChI=1S/C5H5NO.C4H4N2/c7-5-3-1-2-4-6-5;1-2-5-4-6-3-1/h1-4H,(H,6,7);1-4H. The first kappa shape index (κ1) is 9.12. The molecule has 0 atom stereocenters. The summed E-state index contributed by atoms with van der Waals surface area (Å²) in [7, 11) is 0. The minimum Gasteiger partial charge on any atom is -0.329 e. The van der Waals surface area contributed by atoms with E-state index in [0.717, 1.165) is 0 Å². The Hall–Kier alpha value is -1.97. The van der Waals surface area contributed by atoms with Crippen molar-refractivity contribution < 1.29 is 0 Å². The van der Waals surface area contributed by atoms with Crippen LogP contribution in [0.5, 0.6) is 0 Å². The van der Waals surface area contributed by atoms with Crippen molar-refractivity contribution >= 4 is 0 Å². The van der Waals surface area contributed by atoms with E-state index in [4.69, 9.17) is 0 Å². The molecule has 0 aliphatic carbocycles. The SMILES string of the molecule is O=c1cccc[nH]1.c1cncnc1. The molecule has 2 rings (SSSR count). The molecule has 0 aromatic carbocycles. The molecule has 0 saturated heterocycles. The summed E-state index contributed by atoms with van der Waals surface area (Å²) in [4.78, 5) is 20.0. The zero-order chi connectivity index (χ0) is 9.36. The summed E-state index contributed by atoms with van der Waals surface area (Å²) in [5.41, 5.74) is -0.0532. The van der Waals surface area contributed by atoms with Crippen LogP contribution in [-0.2, 0) is 0 Å². The molecule has 4 nitrogen and oxygen atoms in total. The Labute approximate surface area is 75.3 Å². The molecule has 13 heavy (non-hydrogen) atoms. The molecule has 0 bridgehead atoms. The highest BCUT2D eigenvalue weighted by Crippen LogP contribution is 1.67. The number of pyridine rings is 1. The van der Waals surface area contributed by atoms with Crippen molar-refractivity contribution in [1.82, 2.24) is 15.0 Å². The first-order chi connectivity index (χ1) is 6.39. The molecule has 0 radical (unpaired) electrons. The van der Waals surface area contributed by atoms with Gasteiger partial charge in [0.1, 0.15) is 6.33 Å². The molecular formula is C9H9N3O. The lowest BCUT2D eigenvalue weighted by Gasteiger charge is -1.73. The first-order valence-electron chi connectivity index (χ1n) is 3.73. The van der Waals surface area contributed by atoms with Crippen LogP contribution in [0, 0.1) is 0 Å². The molecule has 66 valence electrons. The third kappa shape index (κ3) is 4.47. The van der Waals surface area contributed by atoms with Gasteiger partial charge >= 0.3 is 0 Å². The minimum atomic E-state index is -0.0532. The fourth-order valence-electron chi connectivity index (χ4n) is 0.630. The Morgan fingerprint density at radius 3 is 2.08 bits per heavy atom. The van der Waals surface area contributed by atoms with Crippen LogP contribution in [0.1, 0.15) is 0 Å². The Morgan fingerprint density at radius 1 is 1.08 bits per heavy atom. The summed E-state index contributed by atoms with van der Waals surface area (Å²) in [6.07, 6.45) is 6.47. The third-order valence-electron chi connectivity index (χ3n) is 1.16. The van der Waals surface area contributed by atoms with Gasteiger partial charge in [-0.1, -0.05) is 6.07 Å². The minimum absolute atomic E-state index is 0.0532. The maximum atomic E-state index is 10.2. The lowest BCUT2D eigenvalue weighted by Crippen LogP contribution is -1.98. The monoisotopic (exact) mass is 175 g/mol. The zero-order valence-corrected chi connectivity index (χ0v) is 6.92. The topological polar surface area (TPSA) is 58.6 Å². The van der Waals surface area contributed by atoms with Crippen LogP contribution in [0.2, 0.25) is 0 Å². The second-order valence-electron chi connectivity index (χ2n) is 2.13. The van der Waals surface area contributed by atoms with E-state index in [1.54, 1.807) is 36.8 Å². The second kappa shape index (κ2) is 5.65. The quantitative estimate of drug-likeness (QED) is 0.645. The van der Waals surface area contributed by atoms with Gasteiger partial charge < -0.3 is 4.98 Å². The summed E-state index contributed by atoms with van der Waals surface area (Å²) in [5, 5.41) is 0. The highest BCUT2D eigenvalue weighted by atomic mass is 16.1. The van der Waals surface area contributed by atoms with E-state index in [0.29, 0.717) is 0 Å². The average molecular weight is 175 g/mol. The van der Waals surface area contributed by atoms with Crippen LogP contribution >= 0.6 is 0 Å². The predicted octanol–water partition coefficient (Wildman–Crippen LogP) is 0.851. The van der Waals surface area contributed by atoms with E-state index < -0.39 is 0 Å². The summed E-state index contributed by atoms with van der Waals surface area (Å²) in [6, 6.07) is 6.71. The van der Waals surface area contributed by atoms with Crippen molar-refractivity contribution in [3.8, 4) is 0 Å². The maximum absolute atomic E-state index is 10.2. The molecule has 0 aliphatic heterocycles. The van der Waals surface area contributed by atoms with Crippen LogP contribution < -0.4 is 5.56 Å². The van der Waals surface area contributed by atoms with Crippen molar-refractivity contribution in [3.05, 3.63) is 59.5 Å². The first-order valence-corrected chi connectivity index (χ1v) is 3.73. The number of nitrogens with zero attached hydrogens (tertiary/aromatic N) is 2. The Kier molecular flexibility index (Phi) is 3.96. The molecule has 4 heteroatoms. The van der Waals surface area contributed by atoms with Gasteiger partial charge in [0.15, 0.2) is 0 Å². The van der Waals surface area contributed by atoms with Gasteiger partial charge in [0, 0.05) is 24.7 Å². The number of hydrogen-bond acceptors (Lipinski definition) is 3. The molecule has 0 saturated carbocycles. The van der Waals surface area contributed by atoms with Crippen molar-refractivity contribution in [3.63, 3.8) is 0 Å². The third-order valence-corrected chi connectivity index (χ3v) is 1.16. The summed E-state index contributed by atoms with van der Waals surface area (Å²) in [5.74, 6) is 0. The average Bonchev–Trinajstić information content (AvgIpc) is 2.22. The van der Waals surface area contributed by atoms with Crippen LogP contribution in [0.3, 0.4) is 0 Å². The van der Waals surface area contributed by atoms with Crippen LogP contribution in [0.4, 0.5) is 0 Å². The normalized spacial score (nSPS) is 8.31. The van der Waals surface area contributed by atoms with Crippen molar-refractivity contribution in [1.29, 1.82) is 0 Å². The van der Waals surface area contributed by atoms with Crippen LogP contribution in [-0.4, -0.2) is 15.0 Å². The fraction of sp³-hybridized carbons (Fsp3) is 0. The largest absolute Gasteiger partial charge is 0.329 e. The molecular weight excluding hydrogens is 166 g/mol. The van der Waals surface area contributed by atoms with Gasteiger partial charge in [0.05, 0.1) is 0 Å². The zero-order valence-electron chi connectivity index (χ0n) is 6.92. The van der Waals surface area contributed by atoms with Gasteiger partial charge in [-0.25, -0.2) is 9.97 Å². The van der Waals surface area contributed by atoms with Crippen molar-refractivity contribution in [2.45, 2.75) is 0 Å². The number of rotatable bonds is 0. The van der Waals surface area contributed by atoms with Crippen molar-refractivity contribution in [2.75, 3.05) is 0 Å². The Morgan fingerprint density at radius 2 is 1.85 bits per heavy atom. The molecule has 0 spiro atoms. The van der Waals surface area contributed by atoms with Gasteiger partial charge in [-0.05, 0) is 12.1 Å². The molecule has 1 N–H and O–H groups in total. The van der Waals surface area contributed by atoms with Gasteiger partial charge in [-0.3, -0.25) is 4.79 Å². The van der Waals surface area contributed by atoms with Gasteiger partial charge in [0.2, 0.25) is 5.56 Å². The molecule has 0 fully saturated rings. The van der Waals surface area contributed by atoms with Gasteiger partial charge in [-0.15, -0.1) is 0 Å². The smallest absolute Gasteiger partial charge is 0.247 e. The lowest BCUT2D eigenvalue weighted by molar-refractivity contribution is 1.17. The van der Waals surface area contributed by atoms with Gasteiger partial charge in [-0.2, -0.15) is 0 Å². The highest BCUT2D eigenvalue weighted by Gasteiger charge is 1.69. The van der Waals surface area contributed by atoms with E-state index >= 15 is 0 Å². The van der Waals surface area contributed by atoms with E-state index in [2.05, 4.69) is 15.0 Å². The highest BCUT2D eigenvalue weighted by molar-refractivity contribution is 4.89. The fourth-order valence-corrected chi connectivity index (χ4v) is 0.630. The Balaban J connectivity index is 0.000000132. The molecule has 2 aromatic heterocycles. The molecule has 0 aliphatic rings. The molecule has 0 unspecified atom stereocenters. The van der Waals surface area contributed by atoms with E-state index in [9.17, 15) is 4.79 Å². The van der Waals surface area contributed by atoms with Crippen LogP contribution in [0.25, 0.3) is 0 Å². The van der Waals surface area contributed by atoms with E-state index in [-0.39, 0.29) is 5.56 Å². The number of aromatic amines is 1. The molecule has 0 amide bonds. The summed E-state index contributed by atoms with van der Waals surface area (Å²) < 4.78 is 0. The van der Waals surface area contributed by atoms with Crippen molar-refractivity contribution in [2.24, 2.45) is 0 Å². The molecule has 2 aromatic rings. The Bertz CT molecular complexity index is 328. The number of H-pyrrole nitrogens is 1. The molecule has 2 heterocycles. The number of nitrogens with one attached hydrogen (secondary N) is 1. The summed E-state index contributed by atoms with van der Waals surface area (Å²) in [6.45, 7) is 0.